The van der Waals surface area contributed by atoms with Gasteiger partial charge >= 0.3 is 5.97 Å². The number of rotatable bonds is 5. The number of carboxylic acids is 1. The fraction of sp³-hybridized carbons (Fsp3) is 0. The molecule has 0 radical (unpaired) electrons. The van der Waals surface area contributed by atoms with Crippen LogP contribution in [0, 0.1) is 11.6 Å². The lowest BCUT2D eigenvalue weighted by atomic mass is 10.1. The number of carbonyl (C=O) groups is 1. The van der Waals surface area contributed by atoms with Crippen molar-refractivity contribution in [3.8, 4) is 0 Å². The second kappa shape index (κ2) is 7.65. The molecule has 8 heteroatoms. The maximum absolute atomic E-state index is 13.7. The molecule has 0 heterocycles. The number of nitrogens with two attached hydrogens (primary N) is 1. The van der Waals surface area contributed by atoms with E-state index < -0.39 is 17.6 Å². The van der Waals surface area contributed by atoms with Gasteiger partial charge in [-0.1, -0.05) is 29.8 Å². The summed E-state index contributed by atoms with van der Waals surface area (Å²) in [5, 5.41) is 9.99. The molecule has 0 amide bonds. The van der Waals surface area contributed by atoms with Crippen LogP contribution in [0.15, 0.2) is 54.6 Å². The van der Waals surface area contributed by atoms with Gasteiger partial charge in [0.05, 0.1) is 22.0 Å². The summed E-state index contributed by atoms with van der Waals surface area (Å²) in [5.74, 6) is 3.45. The smallest absolute Gasteiger partial charge is 0.335 e. The topological polar surface area (TPSA) is 66.6 Å². The van der Waals surface area contributed by atoms with Gasteiger partial charge < -0.3 is 5.11 Å². The zero-order valence-corrected chi connectivity index (χ0v) is 14.2. The number of halogens is 4. The predicted molar refractivity (Wildman–Crippen MR) is 94.2 cm³/mol. The van der Waals surface area contributed by atoms with Gasteiger partial charge in [-0.2, -0.15) is 0 Å². The third-order valence-corrected chi connectivity index (χ3v) is 3.69. The summed E-state index contributed by atoms with van der Waals surface area (Å²) in [6, 6.07) is 7.28. The van der Waals surface area contributed by atoms with Gasteiger partial charge in [0.1, 0.15) is 11.6 Å². The van der Waals surface area contributed by atoms with Crippen LogP contribution in [-0.4, -0.2) is 11.1 Å². The lowest BCUT2D eigenvalue weighted by molar-refractivity contribution is -0.132. The summed E-state index contributed by atoms with van der Waals surface area (Å²) in [4.78, 5) is 11.1. The van der Waals surface area contributed by atoms with Crippen LogP contribution in [0.4, 0.5) is 14.5 Å². The SMILES string of the molecule is C=C(/C=C(/c1cc(F)cc(Cl)c1)N(N)c1ccc(F)c(Cl)c1)C(=O)O. The average molecular weight is 385 g/mol. The first-order valence-corrected chi connectivity index (χ1v) is 7.55. The maximum Gasteiger partial charge on any atom is 0.335 e. The highest BCUT2D eigenvalue weighted by Crippen LogP contribution is 2.29. The number of anilines is 1. The van der Waals surface area contributed by atoms with E-state index in [1.54, 1.807) is 0 Å². The number of nitrogens with zero attached hydrogens (tertiary/aromatic N) is 1. The quantitative estimate of drug-likeness (QED) is 0.341. The fourth-order valence-electron chi connectivity index (χ4n) is 1.99. The normalized spacial score (nSPS) is 11.3. The van der Waals surface area contributed by atoms with Crippen molar-refractivity contribution in [3.63, 3.8) is 0 Å². The maximum atomic E-state index is 13.7. The minimum Gasteiger partial charge on any atom is -0.478 e. The van der Waals surface area contributed by atoms with E-state index >= 15 is 0 Å². The second-order valence-electron chi connectivity index (χ2n) is 4.99. The van der Waals surface area contributed by atoms with E-state index in [4.69, 9.17) is 34.2 Å². The molecular formula is C17H12Cl2F2N2O2. The molecule has 0 aliphatic carbocycles. The third-order valence-electron chi connectivity index (χ3n) is 3.18. The highest BCUT2D eigenvalue weighted by atomic mass is 35.5. The Morgan fingerprint density at radius 2 is 1.88 bits per heavy atom. The molecule has 0 saturated heterocycles. The molecule has 2 aromatic rings. The van der Waals surface area contributed by atoms with Gasteiger partial charge in [-0.3, -0.25) is 5.01 Å². The van der Waals surface area contributed by atoms with Crippen molar-refractivity contribution in [2.75, 3.05) is 5.01 Å². The molecule has 2 rings (SSSR count). The molecular weight excluding hydrogens is 373 g/mol. The van der Waals surface area contributed by atoms with Crippen LogP contribution in [0.1, 0.15) is 5.56 Å². The van der Waals surface area contributed by atoms with Gasteiger partial charge in [0.25, 0.3) is 0 Å². The van der Waals surface area contributed by atoms with Crippen molar-refractivity contribution in [3.05, 3.63) is 81.9 Å². The minimum atomic E-state index is -1.29. The molecule has 0 aliphatic heterocycles. The number of hydrogen-bond acceptors (Lipinski definition) is 3. The van der Waals surface area contributed by atoms with Gasteiger partial charge in [-0.05, 0) is 42.5 Å². The fourth-order valence-corrected chi connectivity index (χ4v) is 2.39. The zero-order chi connectivity index (χ0) is 18.7. The van der Waals surface area contributed by atoms with E-state index in [2.05, 4.69) is 6.58 Å². The van der Waals surface area contributed by atoms with Gasteiger partial charge in [0, 0.05) is 10.6 Å². The van der Waals surface area contributed by atoms with Crippen molar-refractivity contribution in [1.29, 1.82) is 0 Å². The predicted octanol–water partition coefficient (Wildman–Crippen LogP) is 4.63. The Hall–Kier alpha value is -2.41. The van der Waals surface area contributed by atoms with E-state index in [-0.39, 0.29) is 32.6 Å². The molecule has 0 bridgehead atoms. The lowest BCUT2D eigenvalue weighted by Gasteiger charge is -2.23. The van der Waals surface area contributed by atoms with Crippen molar-refractivity contribution in [2.45, 2.75) is 0 Å². The molecule has 0 spiro atoms. The molecule has 0 aromatic heterocycles. The zero-order valence-electron chi connectivity index (χ0n) is 12.6. The summed E-state index contributed by atoms with van der Waals surface area (Å²) in [6.07, 6.45) is 1.14. The van der Waals surface area contributed by atoms with E-state index in [9.17, 15) is 13.6 Å². The molecule has 0 atom stereocenters. The molecule has 25 heavy (non-hydrogen) atoms. The monoisotopic (exact) mass is 384 g/mol. The Morgan fingerprint density at radius 3 is 2.44 bits per heavy atom. The van der Waals surface area contributed by atoms with E-state index in [0.717, 1.165) is 29.3 Å². The van der Waals surface area contributed by atoms with Crippen LogP contribution in [0.5, 0.6) is 0 Å². The molecule has 4 nitrogen and oxygen atoms in total. The highest BCUT2D eigenvalue weighted by Gasteiger charge is 2.16. The molecule has 2 aromatic carbocycles. The standard InChI is InChI=1S/C17H12Cl2F2N2O2/c1-9(17(24)25)4-16(10-5-11(18)7-12(20)6-10)23(22)13-2-3-15(21)14(19)8-13/h2-8H,1,22H2,(H,24,25)/b16-4-. The van der Waals surface area contributed by atoms with Crippen molar-refractivity contribution >= 4 is 40.6 Å². The van der Waals surface area contributed by atoms with E-state index in [1.165, 1.54) is 18.2 Å². The first-order valence-electron chi connectivity index (χ1n) is 6.79. The number of hydrazine groups is 1. The van der Waals surface area contributed by atoms with E-state index in [0.29, 0.717) is 0 Å². The first-order chi connectivity index (χ1) is 11.7. The average Bonchev–Trinajstić information content (AvgIpc) is 2.53. The Balaban J connectivity index is 2.59. The van der Waals surface area contributed by atoms with Crippen molar-refractivity contribution in [1.82, 2.24) is 0 Å². The van der Waals surface area contributed by atoms with Crippen molar-refractivity contribution in [2.24, 2.45) is 5.84 Å². The van der Waals surface area contributed by atoms with Gasteiger partial charge in [-0.15, -0.1) is 0 Å². The van der Waals surface area contributed by atoms with Gasteiger partial charge in [-0.25, -0.2) is 19.4 Å². The summed E-state index contributed by atoms with van der Waals surface area (Å²) in [5.41, 5.74) is 0.238. The Bertz CT molecular complexity index is 865. The largest absolute Gasteiger partial charge is 0.478 e. The number of hydrogen-bond donors (Lipinski definition) is 2. The number of benzene rings is 2. The molecule has 130 valence electrons. The summed E-state index contributed by atoms with van der Waals surface area (Å²) in [7, 11) is 0. The van der Waals surface area contributed by atoms with Crippen LogP contribution in [-0.2, 0) is 4.79 Å². The van der Waals surface area contributed by atoms with E-state index in [1.807, 2.05) is 0 Å². The summed E-state index contributed by atoms with van der Waals surface area (Å²) >= 11 is 11.6. The first kappa shape index (κ1) is 18.9. The summed E-state index contributed by atoms with van der Waals surface area (Å²) < 4.78 is 27.0. The van der Waals surface area contributed by atoms with Gasteiger partial charge in [0.2, 0.25) is 0 Å². The molecule has 0 unspecified atom stereocenters. The highest BCUT2D eigenvalue weighted by molar-refractivity contribution is 6.31. The van der Waals surface area contributed by atoms with Crippen molar-refractivity contribution < 1.29 is 18.7 Å². The molecule has 0 saturated carbocycles. The molecule has 3 N–H and O–H groups in total. The van der Waals surface area contributed by atoms with Crippen LogP contribution >= 0.6 is 23.2 Å². The lowest BCUT2D eigenvalue weighted by Crippen LogP contribution is -2.29. The minimum absolute atomic E-state index is 0.0801. The van der Waals surface area contributed by atoms with Crippen LogP contribution in [0.25, 0.3) is 5.70 Å². The number of aliphatic carboxylic acids is 1. The van der Waals surface area contributed by atoms with Crippen LogP contribution in [0.3, 0.4) is 0 Å². The van der Waals surface area contributed by atoms with Crippen LogP contribution < -0.4 is 10.9 Å². The Morgan fingerprint density at radius 1 is 1.20 bits per heavy atom. The second-order valence-corrected chi connectivity index (χ2v) is 5.83. The molecule has 0 aliphatic rings. The van der Waals surface area contributed by atoms with Crippen LogP contribution in [0.2, 0.25) is 10.0 Å². The third kappa shape index (κ3) is 4.57. The number of carboxylic acid groups (broad SMARTS) is 1. The molecule has 0 fully saturated rings. The Kier molecular flexibility index (Phi) is 5.79. The summed E-state index contributed by atoms with van der Waals surface area (Å²) in [6.45, 7) is 3.40. The van der Waals surface area contributed by atoms with Gasteiger partial charge in [0.15, 0.2) is 0 Å². The Labute approximate surface area is 152 Å².